The standard InChI is InChI=1S/C22H28N2O3/c25-21(19-12-6-2-7-13-19)20(16-24-14-8-3-9-15-24)23-22(26)27-17-18-10-4-1-5-11-18/h1-2,4-7,10-13,20-21,25H,3,8-9,14-17H2,(H,23,26)/t20-,21-/m1/s1. The monoisotopic (exact) mass is 368 g/mol. The van der Waals surface area contributed by atoms with Gasteiger partial charge >= 0.3 is 6.09 Å². The van der Waals surface area contributed by atoms with E-state index in [-0.39, 0.29) is 6.61 Å². The Morgan fingerprint density at radius 3 is 2.30 bits per heavy atom. The number of hydrogen-bond donors (Lipinski definition) is 2. The Labute approximate surface area is 161 Å². The molecule has 3 rings (SSSR count). The van der Waals surface area contributed by atoms with Crippen LogP contribution in [0.2, 0.25) is 0 Å². The molecule has 1 saturated heterocycles. The van der Waals surface area contributed by atoms with E-state index < -0.39 is 18.2 Å². The molecule has 1 heterocycles. The van der Waals surface area contributed by atoms with Gasteiger partial charge in [-0.3, -0.25) is 0 Å². The first kappa shape index (κ1) is 19.4. The van der Waals surface area contributed by atoms with Crippen LogP contribution in [-0.4, -0.2) is 41.8 Å². The lowest BCUT2D eigenvalue weighted by molar-refractivity contribution is 0.0800. The normalized spacial score (nSPS) is 17.1. The molecule has 2 atom stereocenters. The Bertz CT molecular complexity index is 687. The third-order valence-electron chi connectivity index (χ3n) is 4.94. The van der Waals surface area contributed by atoms with Gasteiger partial charge in [0, 0.05) is 6.54 Å². The van der Waals surface area contributed by atoms with E-state index in [0.29, 0.717) is 6.54 Å². The second-order valence-electron chi connectivity index (χ2n) is 7.03. The first-order valence-corrected chi connectivity index (χ1v) is 9.65. The van der Waals surface area contributed by atoms with Crippen LogP contribution in [0, 0.1) is 0 Å². The minimum Gasteiger partial charge on any atom is -0.445 e. The number of benzene rings is 2. The fourth-order valence-electron chi connectivity index (χ4n) is 3.44. The Hall–Kier alpha value is -2.37. The number of piperidine rings is 1. The molecule has 0 radical (unpaired) electrons. The number of nitrogens with one attached hydrogen (secondary N) is 1. The minimum atomic E-state index is -0.780. The second-order valence-corrected chi connectivity index (χ2v) is 7.03. The quantitative estimate of drug-likeness (QED) is 0.785. The summed E-state index contributed by atoms with van der Waals surface area (Å²) in [6.07, 6.45) is 2.28. The molecule has 0 aromatic heterocycles. The largest absolute Gasteiger partial charge is 0.445 e. The number of carbonyl (C=O) groups excluding carboxylic acids is 1. The van der Waals surface area contributed by atoms with Crippen molar-refractivity contribution in [3.8, 4) is 0 Å². The zero-order valence-electron chi connectivity index (χ0n) is 15.6. The average molecular weight is 368 g/mol. The van der Waals surface area contributed by atoms with Gasteiger partial charge in [-0.1, -0.05) is 67.1 Å². The van der Waals surface area contributed by atoms with Gasteiger partial charge in [-0.25, -0.2) is 4.79 Å². The maximum absolute atomic E-state index is 12.3. The number of nitrogens with zero attached hydrogens (tertiary/aromatic N) is 1. The molecule has 0 aliphatic carbocycles. The smallest absolute Gasteiger partial charge is 0.407 e. The Morgan fingerprint density at radius 2 is 1.63 bits per heavy atom. The second kappa shape index (κ2) is 10.1. The number of alkyl carbamates (subject to hydrolysis) is 1. The Kier molecular flexibility index (Phi) is 7.25. The van der Waals surface area contributed by atoms with Gasteiger partial charge in [-0.15, -0.1) is 0 Å². The molecule has 2 aromatic rings. The molecule has 5 nitrogen and oxygen atoms in total. The highest BCUT2D eigenvalue weighted by atomic mass is 16.5. The van der Waals surface area contributed by atoms with Crippen molar-refractivity contribution in [1.29, 1.82) is 0 Å². The third-order valence-corrected chi connectivity index (χ3v) is 4.94. The van der Waals surface area contributed by atoms with Gasteiger partial charge in [0.1, 0.15) is 12.7 Å². The first-order chi connectivity index (χ1) is 13.2. The van der Waals surface area contributed by atoms with Crippen molar-refractivity contribution < 1.29 is 14.6 Å². The summed E-state index contributed by atoms with van der Waals surface area (Å²) >= 11 is 0. The Balaban J connectivity index is 1.62. The van der Waals surface area contributed by atoms with Crippen LogP contribution >= 0.6 is 0 Å². The lowest BCUT2D eigenvalue weighted by Crippen LogP contribution is -2.48. The van der Waals surface area contributed by atoms with Gasteiger partial charge in [-0.2, -0.15) is 0 Å². The molecule has 1 fully saturated rings. The van der Waals surface area contributed by atoms with Crippen molar-refractivity contribution in [2.45, 2.75) is 38.0 Å². The molecule has 2 aromatic carbocycles. The molecule has 0 bridgehead atoms. The summed E-state index contributed by atoms with van der Waals surface area (Å²) in [6.45, 7) is 2.82. The van der Waals surface area contributed by atoms with Gasteiger partial charge < -0.3 is 20.1 Å². The molecule has 0 saturated carbocycles. The van der Waals surface area contributed by atoms with Crippen molar-refractivity contribution in [2.24, 2.45) is 0 Å². The number of amides is 1. The molecule has 27 heavy (non-hydrogen) atoms. The van der Waals surface area contributed by atoms with Crippen LogP contribution in [0.5, 0.6) is 0 Å². The van der Waals surface area contributed by atoms with Crippen LogP contribution in [0.15, 0.2) is 60.7 Å². The summed E-state index contributed by atoms with van der Waals surface area (Å²) in [5, 5.41) is 13.7. The van der Waals surface area contributed by atoms with E-state index >= 15 is 0 Å². The summed E-state index contributed by atoms with van der Waals surface area (Å²) in [7, 11) is 0. The molecular weight excluding hydrogens is 340 g/mol. The minimum absolute atomic E-state index is 0.213. The number of hydrogen-bond acceptors (Lipinski definition) is 4. The zero-order valence-corrected chi connectivity index (χ0v) is 15.6. The summed E-state index contributed by atoms with van der Waals surface area (Å²) in [5.74, 6) is 0. The number of ether oxygens (including phenoxy) is 1. The van der Waals surface area contributed by atoms with Crippen LogP contribution in [0.1, 0.15) is 36.5 Å². The van der Waals surface area contributed by atoms with Crippen LogP contribution in [0.25, 0.3) is 0 Å². The predicted molar refractivity (Wildman–Crippen MR) is 105 cm³/mol. The van der Waals surface area contributed by atoms with E-state index in [2.05, 4.69) is 10.2 Å². The van der Waals surface area contributed by atoms with Gasteiger partial charge in [-0.05, 0) is 37.1 Å². The molecule has 0 unspecified atom stereocenters. The third kappa shape index (κ3) is 6.08. The summed E-state index contributed by atoms with van der Waals surface area (Å²) in [4.78, 5) is 14.6. The molecule has 1 aliphatic heterocycles. The van der Waals surface area contributed by atoms with Crippen LogP contribution in [0.3, 0.4) is 0 Å². The van der Waals surface area contributed by atoms with E-state index in [0.717, 1.165) is 37.1 Å². The molecule has 0 spiro atoms. The average Bonchev–Trinajstić information content (AvgIpc) is 2.73. The molecule has 2 N–H and O–H groups in total. The lowest BCUT2D eigenvalue weighted by Gasteiger charge is -2.33. The van der Waals surface area contributed by atoms with Crippen molar-refractivity contribution in [3.63, 3.8) is 0 Å². The molecule has 1 aliphatic rings. The number of carbonyl (C=O) groups is 1. The highest BCUT2D eigenvalue weighted by Crippen LogP contribution is 2.19. The molecule has 1 amide bonds. The van der Waals surface area contributed by atoms with E-state index in [1.165, 1.54) is 6.42 Å². The first-order valence-electron chi connectivity index (χ1n) is 9.65. The van der Waals surface area contributed by atoms with Crippen molar-refractivity contribution in [3.05, 3.63) is 71.8 Å². The fraction of sp³-hybridized carbons (Fsp3) is 0.409. The predicted octanol–water partition coefficient (Wildman–Crippen LogP) is 3.50. The van der Waals surface area contributed by atoms with Gasteiger partial charge in [0.2, 0.25) is 0 Å². The zero-order chi connectivity index (χ0) is 18.9. The number of aliphatic hydroxyl groups is 1. The Morgan fingerprint density at radius 1 is 1.00 bits per heavy atom. The fourth-order valence-corrected chi connectivity index (χ4v) is 3.44. The highest BCUT2D eigenvalue weighted by Gasteiger charge is 2.26. The van der Waals surface area contributed by atoms with Gasteiger partial charge in [0.15, 0.2) is 0 Å². The summed E-state index contributed by atoms with van der Waals surface area (Å²) < 4.78 is 5.35. The number of aliphatic hydroxyl groups excluding tert-OH is 1. The maximum Gasteiger partial charge on any atom is 0.407 e. The van der Waals surface area contributed by atoms with Gasteiger partial charge in [0.05, 0.1) is 6.04 Å². The van der Waals surface area contributed by atoms with Crippen molar-refractivity contribution in [1.82, 2.24) is 10.2 Å². The van der Waals surface area contributed by atoms with Crippen LogP contribution in [0.4, 0.5) is 4.79 Å². The number of likely N-dealkylation sites (tertiary alicyclic amines) is 1. The van der Waals surface area contributed by atoms with E-state index in [1.807, 2.05) is 60.7 Å². The van der Waals surface area contributed by atoms with E-state index in [4.69, 9.17) is 4.74 Å². The lowest BCUT2D eigenvalue weighted by atomic mass is 10.0. The van der Waals surface area contributed by atoms with E-state index in [9.17, 15) is 9.90 Å². The molecular formula is C22H28N2O3. The number of rotatable bonds is 7. The molecule has 5 heteroatoms. The van der Waals surface area contributed by atoms with E-state index in [1.54, 1.807) is 0 Å². The SMILES string of the molecule is O=C(N[C@H](CN1CCCCC1)[C@H](O)c1ccccc1)OCc1ccccc1. The summed E-state index contributed by atoms with van der Waals surface area (Å²) in [6, 6.07) is 18.6. The maximum atomic E-state index is 12.3. The van der Waals surface area contributed by atoms with Gasteiger partial charge in [0.25, 0.3) is 0 Å². The van der Waals surface area contributed by atoms with Crippen molar-refractivity contribution >= 4 is 6.09 Å². The summed E-state index contributed by atoms with van der Waals surface area (Å²) in [5.41, 5.74) is 1.73. The van der Waals surface area contributed by atoms with Crippen molar-refractivity contribution in [2.75, 3.05) is 19.6 Å². The van der Waals surface area contributed by atoms with Crippen LogP contribution in [-0.2, 0) is 11.3 Å². The van der Waals surface area contributed by atoms with Crippen LogP contribution < -0.4 is 5.32 Å². The highest BCUT2D eigenvalue weighted by molar-refractivity contribution is 5.67. The molecule has 144 valence electrons. The topological polar surface area (TPSA) is 61.8 Å².